The van der Waals surface area contributed by atoms with Crippen molar-refractivity contribution >= 4 is 39.1 Å². The van der Waals surface area contributed by atoms with Crippen LogP contribution in [0.2, 0.25) is 0 Å². The molecule has 5 nitrogen and oxygen atoms in total. The minimum Gasteiger partial charge on any atom is -0.497 e. The number of fused-ring (bicyclic) bond motifs is 3. The topological polar surface area (TPSA) is 72.0 Å². The number of hydrogen-bond acceptors (Lipinski definition) is 6. The molecule has 26 heavy (non-hydrogen) atoms. The minimum absolute atomic E-state index is 0.0258. The van der Waals surface area contributed by atoms with E-state index in [1.807, 2.05) is 0 Å². The Morgan fingerprint density at radius 2 is 2.19 bits per heavy atom. The molecule has 1 aromatic carbocycles. The lowest BCUT2D eigenvalue weighted by Gasteiger charge is -2.09. The first-order valence-electron chi connectivity index (χ1n) is 8.50. The summed E-state index contributed by atoms with van der Waals surface area (Å²) in [6.07, 6.45) is 4.30. The summed E-state index contributed by atoms with van der Waals surface area (Å²) in [7, 11) is 1.57. The summed E-state index contributed by atoms with van der Waals surface area (Å²) in [4.78, 5) is 34.4. The van der Waals surface area contributed by atoms with Crippen LogP contribution in [0.5, 0.6) is 5.75 Å². The van der Waals surface area contributed by atoms with Crippen molar-refractivity contribution in [2.75, 3.05) is 12.9 Å². The van der Waals surface area contributed by atoms with Crippen LogP contribution in [0.15, 0.2) is 34.2 Å². The summed E-state index contributed by atoms with van der Waals surface area (Å²) in [5.41, 5.74) is 1.67. The minimum atomic E-state index is -0.0919. The van der Waals surface area contributed by atoms with Crippen LogP contribution in [-0.4, -0.2) is 28.6 Å². The highest BCUT2D eigenvalue weighted by Gasteiger charge is 2.20. The first-order valence-corrected chi connectivity index (χ1v) is 10.3. The van der Waals surface area contributed by atoms with Crippen molar-refractivity contribution < 1.29 is 9.53 Å². The van der Waals surface area contributed by atoms with Gasteiger partial charge in [0.2, 0.25) is 0 Å². The highest BCUT2D eigenvalue weighted by molar-refractivity contribution is 7.99. The summed E-state index contributed by atoms with van der Waals surface area (Å²) in [6, 6.07) is 7.07. The second kappa shape index (κ2) is 7.25. The smallest absolute Gasteiger partial charge is 0.260 e. The van der Waals surface area contributed by atoms with Crippen LogP contribution in [0.3, 0.4) is 0 Å². The van der Waals surface area contributed by atoms with Gasteiger partial charge in [-0.15, -0.1) is 11.3 Å². The third-order valence-electron chi connectivity index (χ3n) is 4.54. The number of thiophene rings is 1. The van der Waals surface area contributed by atoms with Crippen molar-refractivity contribution in [2.45, 2.75) is 30.8 Å². The second-order valence-corrected chi connectivity index (χ2v) is 8.25. The number of thioether (sulfide) groups is 1. The molecule has 0 amide bonds. The van der Waals surface area contributed by atoms with E-state index in [2.05, 4.69) is 9.97 Å². The number of carbonyl (C=O) groups is 1. The molecule has 0 saturated carbocycles. The number of Topliss-reactive ketones (excluding diaryl/α,β-unsaturated/α-hetero) is 1. The number of rotatable bonds is 5. The van der Waals surface area contributed by atoms with Gasteiger partial charge >= 0.3 is 0 Å². The largest absolute Gasteiger partial charge is 0.497 e. The predicted octanol–water partition coefficient (Wildman–Crippen LogP) is 3.85. The molecule has 0 spiro atoms. The van der Waals surface area contributed by atoms with Crippen LogP contribution in [0.1, 0.15) is 33.6 Å². The van der Waals surface area contributed by atoms with E-state index in [0.717, 1.165) is 29.5 Å². The summed E-state index contributed by atoms with van der Waals surface area (Å²) in [5.74, 6) is 0.840. The Kier molecular flexibility index (Phi) is 4.82. The van der Waals surface area contributed by atoms with Crippen molar-refractivity contribution in [3.05, 3.63) is 50.6 Å². The van der Waals surface area contributed by atoms with E-state index in [4.69, 9.17) is 4.74 Å². The Hall–Kier alpha value is -2.12. The number of hydrogen-bond donors (Lipinski definition) is 1. The molecule has 0 saturated heterocycles. The quantitative estimate of drug-likeness (QED) is 0.410. The van der Waals surface area contributed by atoms with E-state index in [9.17, 15) is 9.59 Å². The molecular formula is C19H18N2O3S2. The van der Waals surface area contributed by atoms with E-state index in [1.54, 1.807) is 42.7 Å². The van der Waals surface area contributed by atoms with E-state index < -0.39 is 0 Å². The van der Waals surface area contributed by atoms with Gasteiger partial charge in [0.05, 0.1) is 18.2 Å². The third-order valence-corrected chi connectivity index (χ3v) is 6.59. The molecule has 0 bridgehead atoms. The molecule has 2 aromatic heterocycles. The number of benzene rings is 1. The van der Waals surface area contributed by atoms with Crippen molar-refractivity contribution in [3.8, 4) is 5.75 Å². The Bertz CT molecular complexity index is 1040. The number of aromatic nitrogens is 2. The Balaban J connectivity index is 1.56. The van der Waals surface area contributed by atoms with Gasteiger partial charge in [-0.3, -0.25) is 9.59 Å². The third kappa shape index (κ3) is 3.29. The fraction of sp³-hybridized carbons (Fsp3) is 0.316. The standard InChI is InChI=1S/C19H18N2O3S2/c1-24-12-6-4-5-11(9-12)14(22)10-25-19-20-17(23)16-13-7-2-3-8-15(13)26-18(16)21-19/h4-6,9H,2-3,7-8,10H2,1H3,(H,20,21,23). The van der Waals surface area contributed by atoms with Crippen molar-refractivity contribution in [2.24, 2.45) is 0 Å². The number of nitrogens with zero attached hydrogens (tertiary/aromatic N) is 1. The average Bonchev–Trinajstić information content (AvgIpc) is 3.05. The van der Waals surface area contributed by atoms with Crippen molar-refractivity contribution in [1.82, 2.24) is 9.97 Å². The van der Waals surface area contributed by atoms with Gasteiger partial charge < -0.3 is 9.72 Å². The van der Waals surface area contributed by atoms with Crippen molar-refractivity contribution in [1.29, 1.82) is 0 Å². The summed E-state index contributed by atoms with van der Waals surface area (Å²) in [6.45, 7) is 0. The molecule has 0 unspecified atom stereocenters. The van der Waals surface area contributed by atoms with Gasteiger partial charge in [0.1, 0.15) is 10.6 Å². The molecule has 0 radical (unpaired) electrons. The number of methoxy groups -OCH3 is 1. The van der Waals surface area contributed by atoms with Crippen LogP contribution in [0.4, 0.5) is 0 Å². The van der Waals surface area contributed by atoms with E-state index in [0.29, 0.717) is 16.5 Å². The number of nitrogens with one attached hydrogen (secondary N) is 1. The zero-order valence-electron chi connectivity index (χ0n) is 14.3. The molecule has 1 N–H and O–H groups in total. The van der Waals surface area contributed by atoms with Gasteiger partial charge in [-0.2, -0.15) is 0 Å². The maximum Gasteiger partial charge on any atom is 0.260 e. The molecule has 1 aliphatic carbocycles. The lowest BCUT2D eigenvalue weighted by molar-refractivity contribution is 0.102. The van der Waals surface area contributed by atoms with E-state index in [-0.39, 0.29) is 17.1 Å². The Morgan fingerprint density at radius 1 is 1.35 bits per heavy atom. The van der Waals surface area contributed by atoms with Crippen molar-refractivity contribution in [3.63, 3.8) is 0 Å². The van der Waals surface area contributed by atoms with Gasteiger partial charge in [-0.05, 0) is 43.4 Å². The highest BCUT2D eigenvalue weighted by atomic mass is 32.2. The number of H-pyrrole nitrogens is 1. The zero-order chi connectivity index (χ0) is 18.1. The molecule has 3 aromatic rings. The first-order chi connectivity index (χ1) is 12.7. The maximum atomic E-state index is 12.5. The molecule has 0 aliphatic heterocycles. The highest BCUT2D eigenvalue weighted by Crippen LogP contribution is 2.34. The van der Waals surface area contributed by atoms with Crippen LogP contribution < -0.4 is 10.3 Å². The molecule has 2 heterocycles. The summed E-state index contributed by atoms with van der Waals surface area (Å²) in [5, 5.41) is 1.24. The van der Waals surface area contributed by atoms with Gasteiger partial charge in [0.25, 0.3) is 5.56 Å². The first kappa shape index (κ1) is 17.3. The second-order valence-electron chi connectivity index (χ2n) is 6.21. The SMILES string of the molecule is COc1cccc(C(=O)CSc2nc3sc4c(c3c(=O)[nH]2)CCCC4)c1. The monoisotopic (exact) mass is 386 g/mol. The number of aryl methyl sites for hydroxylation is 2. The maximum absolute atomic E-state index is 12.5. The lowest BCUT2D eigenvalue weighted by Crippen LogP contribution is -2.12. The molecule has 4 rings (SSSR count). The number of aromatic amines is 1. The van der Waals surface area contributed by atoms with E-state index >= 15 is 0 Å². The molecule has 7 heteroatoms. The van der Waals surface area contributed by atoms with Crippen LogP contribution >= 0.6 is 23.1 Å². The molecule has 1 aliphatic rings. The van der Waals surface area contributed by atoms with Crippen LogP contribution in [-0.2, 0) is 12.8 Å². The molecule has 0 fully saturated rings. The van der Waals surface area contributed by atoms with Crippen LogP contribution in [0, 0.1) is 0 Å². The number of ketones is 1. The predicted molar refractivity (Wildman–Crippen MR) is 105 cm³/mol. The van der Waals surface area contributed by atoms with Gasteiger partial charge in [0, 0.05) is 10.4 Å². The van der Waals surface area contributed by atoms with E-state index in [1.165, 1.54) is 28.6 Å². The summed E-state index contributed by atoms with van der Waals surface area (Å²) >= 11 is 2.88. The lowest BCUT2D eigenvalue weighted by atomic mass is 9.97. The molecule has 134 valence electrons. The van der Waals surface area contributed by atoms with Gasteiger partial charge in [-0.1, -0.05) is 23.9 Å². The molecular weight excluding hydrogens is 368 g/mol. The van der Waals surface area contributed by atoms with Gasteiger partial charge in [-0.25, -0.2) is 4.98 Å². The Morgan fingerprint density at radius 3 is 3.04 bits per heavy atom. The zero-order valence-corrected chi connectivity index (χ0v) is 16.0. The summed E-state index contributed by atoms with van der Waals surface area (Å²) < 4.78 is 5.15. The Labute approximate surface area is 158 Å². The van der Waals surface area contributed by atoms with Crippen LogP contribution in [0.25, 0.3) is 10.2 Å². The fourth-order valence-corrected chi connectivity index (χ4v) is 5.30. The number of carbonyl (C=O) groups excluding carboxylic acids is 1. The van der Waals surface area contributed by atoms with Gasteiger partial charge in [0.15, 0.2) is 10.9 Å². The average molecular weight is 386 g/mol. The number of ether oxygens (including phenoxy) is 1. The fourth-order valence-electron chi connectivity index (χ4n) is 3.23. The normalized spacial score (nSPS) is 13.6. The molecule has 0 atom stereocenters.